The third-order valence-electron chi connectivity index (χ3n) is 3.58. The van der Waals surface area contributed by atoms with E-state index in [1.807, 2.05) is 16.7 Å². The van der Waals surface area contributed by atoms with Gasteiger partial charge in [0.2, 0.25) is 5.91 Å². The molecular formula is C12H21NO2S. The lowest BCUT2D eigenvalue weighted by Gasteiger charge is -2.37. The van der Waals surface area contributed by atoms with Crippen LogP contribution in [0.1, 0.15) is 38.5 Å². The Labute approximate surface area is 102 Å². The predicted molar refractivity (Wildman–Crippen MR) is 66.5 cm³/mol. The van der Waals surface area contributed by atoms with Crippen LogP contribution in [0.3, 0.4) is 0 Å². The van der Waals surface area contributed by atoms with Gasteiger partial charge in [-0.2, -0.15) is 0 Å². The summed E-state index contributed by atoms with van der Waals surface area (Å²) in [5, 5.41) is 9.25. The quantitative estimate of drug-likeness (QED) is 0.819. The number of likely N-dealkylation sites (tertiary alicyclic amines) is 1. The molecule has 1 amide bonds. The number of hydrogen-bond donors (Lipinski definition) is 1. The fraction of sp³-hybridized carbons (Fsp3) is 0.917. The average Bonchev–Trinajstić information content (AvgIpc) is 2.83. The lowest BCUT2D eigenvalue weighted by molar-refractivity contribution is -0.134. The van der Waals surface area contributed by atoms with E-state index in [9.17, 15) is 4.79 Å². The highest BCUT2D eigenvalue weighted by atomic mass is 32.2. The van der Waals surface area contributed by atoms with Crippen molar-refractivity contribution in [1.82, 2.24) is 4.90 Å². The molecule has 0 aromatic rings. The van der Waals surface area contributed by atoms with Gasteiger partial charge in [-0.05, 0) is 44.3 Å². The molecule has 0 saturated carbocycles. The van der Waals surface area contributed by atoms with E-state index in [2.05, 4.69) is 0 Å². The molecule has 0 radical (unpaired) electrons. The normalized spacial score (nSPS) is 30.7. The van der Waals surface area contributed by atoms with Crippen molar-refractivity contribution in [2.45, 2.75) is 49.8 Å². The van der Waals surface area contributed by atoms with Crippen LogP contribution in [-0.4, -0.2) is 46.1 Å². The molecular weight excluding hydrogens is 222 g/mol. The highest BCUT2D eigenvalue weighted by molar-refractivity contribution is 8.00. The molecule has 2 heterocycles. The lowest BCUT2D eigenvalue weighted by atomic mass is 9.99. The third-order valence-corrected chi connectivity index (χ3v) is 4.94. The molecule has 2 aliphatic rings. The van der Waals surface area contributed by atoms with Crippen molar-refractivity contribution in [3.05, 3.63) is 0 Å². The van der Waals surface area contributed by atoms with Crippen LogP contribution in [0.25, 0.3) is 0 Å². The van der Waals surface area contributed by atoms with Crippen molar-refractivity contribution in [2.24, 2.45) is 0 Å². The zero-order chi connectivity index (χ0) is 11.4. The topological polar surface area (TPSA) is 40.5 Å². The molecule has 2 aliphatic heterocycles. The van der Waals surface area contributed by atoms with Gasteiger partial charge in [0.25, 0.3) is 0 Å². The van der Waals surface area contributed by atoms with Gasteiger partial charge in [-0.3, -0.25) is 4.79 Å². The van der Waals surface area contributed by atoms with Crippen LogP contribution in [0.4, 0.5) is 0 Å². The van der Waals surface area contributed by atoms with Crippen LogP contribution >= 0.6 is 11.8 Å². The average molecular weight is 243 g/mol. The van der Waals surface area contributed by atoms with Crippen LogP contribution < -0.4 is 0 Å². The molecule has 3 nitrogen and oxygen atoms in total. The number of hydrogen-bond acceptors (Lipinski definition) is 3. The SMILES string of the molecule is O=C(C1CCCS1)N1CCCCC1CCO. The molecule has 0 aromatic heterocycles. The fourth-order valence-electron chi connectivity index (χ4n) is 2.70. The second kappa shape index (κ2) is 5.92. The Kier molecular flexibility index (Phi) is 4.53. The first kappa shape index (κ1) is 12.2. The van der Waals surface area contributed by atoms with E-state index in [1.54, 1.807) is 0 Å². The number of piperidine rings is 1. The van der Waals surface area contributed by atoms with Crippen molar-refractivity contribution in [3.8, 4) is 0 Å². The van der Waals surface area contributed by atoms with E-state index in [4.69, 9.17) is 5.11 Å². The molecule has 2 rings (SSSR count). The van der Waals surface area contributed by atoms with E-state index >= 15 is 0 Å². The maximum Gasteiger partial charge on any atom is 0.235 e. The summed E-state index contributed by atoms with van der Waals surface area (Å²) in [7, 11) is 0. The largest absolute Gasteiger partial charge is 0.396 e. The summed E-state index contributed by atoms with van der Waals surface area (Å²) >= 11 is 1.81. The number of aliphatic hydroxyl groups is 1. The van der Waals surface area contributed by atoms with Crippen LogP contribution in [-0.2, 0) is 4.79 Å². The molecule has 92 valence electrons. The van der Waals surface area contributed by atoms with Gasteiger partial charge in [-0.15, -0.1) is 11.8 Å². The summed E-state index contributed by atoms with van der Waals surface area (Å²) in [5.41, 5.74) is 0. The number of amides is 1. The second-order valence-electron chi connectivity index (χ2n) is 4.70. The number of carbonyl (C=O) groups excluding carboxylic acids is 1. The van der Waals surface area contributed by atoms with Crippen LogP contribution in [0.5, 0.6) is 0 Å². The molecule has 0 aromatic carbocycles. The van der Waals surface area contributed by atoms with Crippen molar-refractivity contribution in [3.63, 3.8) is 0 Å². The smallest absolute Gasteiger partial charge is 0.235 e. The van der Waals surface area contributed by atoms with E-state index in [0.29, 0.717) is 11.9 Å². The van der Waals surface area contributed by atoms with E-state index in [0.717, 1.165) is 38.0 Å². The van der Waals surface area contributed by atoms with Gasteiger partial charge in [0.1, 0.15) is 0 Å². The summed E-state index contributed by atoms with van der Waals surface area (Å²) in [6.45, 7) is 1.10. The zero-order valence-electron chi connectivity index (χ0n) is 9.73. The van der Waals surface area contributed by atoms with Crippen LogP contribution in [0.2, 0.25) is 0 Å². The summed E-state index contributed by atoms with van der Waals surface area (Å²) < 4.78 is 0. The number of aliphatic hydroxyl groups excluding tert-OH is 1. The first-order valence-corrected chi connectivity index (χ1v) is 7.40. The summed E-state index contributed by atoms with van der Waals surface area (Å²) in [5.74, 6) is 1.47. The van der Waals surface area contributed by atoms with Crippen LogP contribution in [0, 0.1) is 0 Å². The minimum Gasteiger partial charge on any atom is -0.396 e. The minimum absolute atomic E-state index is 0.201. The van der Waals surface area contributed by atoms with Gasteiger partial charge in [-0.25, -0.2) is 0 Å². The number of rotatable bonds is 3. The van der Waals surface area contributed by atoms with Crippen molar-refractivity contribution in [1.29, 1.82) is 0 Å². The first-order valence-electron chi connectivity index (χ1n) is 6.36. The Balaban J connectivity index is 1.95. The van der Waals surface area contributed by atoms with Gasteiger partial charge in [-0.1, -0.05) is 0 Å². The fourth-order valence-corrected chi connectivity index (χ4v) is 3.93. The first-order chi connectivity index (χ1) is 7.83. The van der Waals surface area contributed by atoms with Gasteiger partial charge in [0.05, 0.1) is 5.25 Å². The summed E-state index contributed by atoms with van der Waals surface area (Å²) in [4.78, 5) is 14.4. The zero-order valence-corrected chi connectivity index (χ0v) is 10.5. The highest BCUT2D eigenvalue weighted by Gasteiger charge is 2.32. The maximum atomic E-state index is 12.3. The Bertz CT molecular complexity index is 239. The molecule has 4 heteroatoms. The second-order valence-corrected chi connectivity index (χ2v) is 6.01. The Hall–Kier alpha value is -0.220. The van der Waals surface area contributed by atoms with Gasteiger partial charge >= 0.3 is 0 Å². The van der Waals surface area contributed by atoms with Gasteiger partial charge in [0, 0.05) is 19.2 Å². The highest BCUT2D eigenvalue weighted by Crippen LogP contribution is 2.30. The van der Waals surface area contributed by atoms with E-state index in [1.165, 1.54) is 12.8 Å². The van der Waals surface area contributed by atoms with Crippen LogP contribution in [0.15, 0.2) is 0 Å². The van der Waals surface area contributed by atoms with Crippen molar-refractivity contribution in [2.75, 3.05) is 18.9 Å². The lowest BCUT2D eigenvalue weighted by Crippen LogP contribution is -2.47. The number of carbonyl (C=O) groups is 1. The minimum atomic E-state index is 0.201. The molecule has 2 saturated heterocycles. The molecule has 0 aliphatic carbocycles. The Morgan fingerprint density at radius 1 is 1.31 bits per heavy atom. The molecule has 2 unspecified atom stereocenters. The molecule has 0 bridgehead atoms. The molecule has 1 N–H and O–H groups in total. The Morgan fingerprint density at radius 2 is 2.19 bits per heavy atom. The van der Waals surface area contributed by atoms with Crippen molar-refractivity contribution >= 4 is 17.7 Å². The number of thioether (sulfide) groups is 1. The van der Waals surface area contributed by atoms with E-state index < -0.39 is 0 Å². The summed E-state index contributed by atoms with van der Waals surface area (Å²) in [6.07, 6.45) is 6.38. The molecule has 2 fully saturated rings. The third kappa shape index (κ3) is 2.72. The monoisotopic (exact) mass is 243 g/mol. The maximum absolute atomic E-state index is 12.3. The van der Waals surface area contributed by atoms with Gasteiger partial charge < -0.3 is 10.0 Å². The summed E-state index contributed by atoms with van der Waals surface area (Å²) in [6, 6.07) is 0.299. The van der Waals surface area contributed by atoms with Crippen molar-refractivity contribution < 1.29 is 9.90 Å². The molecule has 0 spiro atoms. The van der Waals surface area contributed by atoms with Gasteiger partial charge in [0.15, 0.2) is 0 Å². The Morgan fingerprint density at radius 3 is 2.88 bits per heavy atom. The molecule has 16 heavy (non-hydrogen) atoms. The number of nitrogens with zero attached hydrogens (tertiary/aromatic N) is 1. The van der Waals surface area contributed by atoms with E-state index in [-0.39, 0.29) is 11.9 Å². The molecule has 2 atom stereocenters. The standard InChI is InChI=1S/C12H21NO2S/c14-8-6-10-4-1-2-7-13(10)12(15)11-5-3-9-16-11/h10-11,14H,1-9H2. The predicted octanol–water partition coefficient (Wildman–Crippen LogP) is 1.65.